The fraction of sp³-hybridized carbons (Fsp3) is 0.222. The lowest BCUT2D eigenvalue weighted by molar-refractivity contribution is -0.154. The minimum absolute atomic E-state index is 0.128. The van der Waals surface area contributed by atoms with Crippen molar-refractivity contribution in [1.82, 2.24) is 19.7 Å². The van der Waals surface area contributed by atoms with Crippen molar-refractivity contribution in [3.8, 4) is 11.6 Å². The number of hydrogen-bond acceptors (Lipinski definition) is 4. The number of nitrogens with zero attached hydrogens (tertiary/aromatic N) is 4. The maximum absolute atomic E-state index is 12.0. The van der Waals surface area contributed by atoms with Gasteiger partial charge in [0.15, 0.2) is 6.61 Å². The molecule has 9 heteroatoms. The Kier molecular flexibility index (Phi) is 3.50. The average Bonchev–Trinajstić information content (AvgIpc) is 2.73. The first-order valence-corrected chi connectivity index (χ1v) is 5.46. The largest absolute Gasteiger partial charge is 0.468 e. The number of halogens is 4. The summed E-state index contributed by atoms with van der Waals surface area (Å²) >= 11 is 3.07. The van der Waals surface area contributed by atoms with E-state index in [1.165, 1.54) is 23.3 Å². The molecule has 0 aliphatic carbocycles. The third kappa shape index (κ3) is 3.42. The van der Waals surface area contributed by atoms with Crippen LogP contribution in [0.4, 0.5) is 13.2 Å². The maximum atomic E-state index is 12.0. The van der Waals surface area contributed by atoms with Crippen molar-refractivity contribution in [1.29, 1.82) is 0 Å². The molecule has 0 saturated carbocycles. The second-order valence-corrected chi connectivity index (χ2v) is 3.92. The van der Waals surface area contributed by atoms with Gasteiger partial charge in [-0.1, -0.05) is 0 Å². The summed E-state index contributed by atoms with van der Waals surface area (Å²) < 4.78 is 42.2. The van der Waals surface area contributed by atoms with Gasteiger partial charge in [0.1, 0.15) is 6.33 Å². The molecule has 2 heterocycles. The van der Waals surface area contributed by atoms with Gasteiger partial charge in [0.05, 0.1) is 5.69 Å². The first kappa shape index (κ1) is 12.8. The van der Waals surface area contributed by atoms with Crippen molar-refractivity contribution >= 4 is 15.9 Å². The fourth-order valence-electron chi connectivity index (χ4n) is 1.14. The van der Waals surface area contributed by atoms with Crippen molar-refractivity contribution in [2.24, 2.45) is 0 Å². The lowest BCUT2D eigenvalue weighted by Gasteiger charge is -2.08. The zero-order chi connectivity index (χ0) is 13.2. The molecule has 0 atom stereocenters. The zero-order valence-electron chi connectivity index (χ0n) is 8.73. The van der Waals surface area contributed by atoms with Gasteiger partial charge in [-0.25, -0.2) is 14.6 Å². The van der Waals surface area contributed by atoms with Crippen LogP contribution < -0.4 is 4.74 Å². The molecule has 96 valence electrons. The number of alkyl halides is 3. The van der Waals surface area contributed by atoms with Gasteiger partial charge in [-0.05, 0) is 22.0 Å². The SMILES string of the molecule is FC(F)(F)COc1cc(-n2cnc(Br)n2)ccn1. The molecule has 5 nitrogen and oxygen atoms in total. The molecule has 0 unspecified atom stereocenters. The Morgan fingerprint density at radius 1 is 1.33 bits per heavy atom. The molecule has 0 bridgehead atoms. The lowest BCUT2D eigenvalue weighted by atomic mass is 10.4. The smallest absolute Gasteiger partial charge is 0.422 e. The number of pyridine rings is 1. The molecular formula is C9H6BrF3N4O. The van der Waals surface area contributed by atoms with Crippen LogP contribution >= 0.6 is 15.9 Å². The van der Waals surface area contributed by atoms with Gasteiger partial charge in [0.25, 0.3) is 0 Å². The molecule has 2 aromatic rings. The summed E-state index contributed by atoms with van der Waals surface area (Å²) in [6, 6.07) is 2.91. The number of rotatable bonds is 3. The molecule has 0 saturated heterocycles. The van der Waals surface area contributed by atoms with E-state index in [2.05, 4.69) is 35.7 Å². The Labute approximate surface area is 108 Å². The van der Waals surface area contributed by atoms with Crippen molar-refractivity contribution < 1.29 is 17.9 Å². The molecule has 2 rings (SSSR count). The summed E-state index contributed by atoms with van der Waals surface area (Å²) in [5.74, 6) is -0.128. The zero-order valence-corrected chi connectivity index (χ0v) is 10.3. The first-order chi connectivity index (χ1) is 8.44. The van der Waals surface area contributed by atoms with Crippen LogP contribution in [0.15, 0.2) is 29.4 Å². The minimum atomic E-state index is -4.39. The van der Waals surface area contributed by atoms with Crippen LogP contribution in [0.2, 0.25) is 0 Å². The molecule has 0 aromatic carbocycles. The lowest BCUT2D eigenvalue weighted by Crippen LogP contribution is -2.19. The molecule has 0 radical (unpaired) electrons. The number of hydrogen-bond donors (Lipinski definition) is 0. The standard InChI is InChI=1S/C9H6BrF3N4O/c10-8-15-5-17(16-8)6-1-2-14-7(3-6)18-4-9(11,12)13/h1-3,5H,4H2. The van der Waals surface area contributed by atoms with Crippen LogP contribution in [0.5, 0.6) is 5.88 Å². The van der Waals surface area contributed by atoms with Gasteiger partial charge < -0.3 is 4.74 Å². The highest BCUT2D eigenvalue weighted by atomic mass is 79.9. The normalized spacial score (nSPS) is 11.6. The molecule has 0 spiro atoms. The van der Waals surface area contributed by atoms with Crippen LogP contribution in [-0.2, 0) is 0 Å². The molecule has 0 aliphatic heterocycles. The summed E-state index contributed by atoms with van der Waals surface area (Å²) in [7, 11) is 0. The van der Waals surface area contributed by atoms with Crippen LogP contribution in [0.1, 0.15) is 0 Å². The van der Waals surface area contributed by atoms with E-state index in [9.17, 15) is 13.2 Å². The van der Waals surface area contributed by atoms with Crippen LogP contribution in [0.25, 0.3) is 5.69 Å². The van der Waals surface area contributed by atoms with E-state index in [0.29, 0.717) is 10.4 Å². The Balaban J connectivity index is 2.15. The van der Waals surface area contributed by atoms with Gasteiger partial charge in [-0.3, -0.25) is 0 Å². The Morgan fingerprint density at radius 2 is 2.11 bits per heavy atom. The summed E-state index contributed by atoms with van der Waals surface area (Å²) in [6.45, 7) is -1.38. The Hall–Kier alpha value is -1.64. The van der Waals surface area contributed by atoms with E-state index in [1.54, 1.807) is 6.07 Å². The second-order valence-electron chi connectivity index (χ2n) is 3.21. The molecule has 0 amide bonds. The van der Waals surface area contributed by atoms with Crippen LogP contribution in [0.3, 0.4) is 0 Å². The third-order valence-electron chi connectivity index (χ3n) is 1.83. The topological polar surface area (TPSA) is 52.8 Å². The molecule has 18 heavy (non-hydrogen) atoms. The fourth-order valence-corrected chi connectivity index (χ4v) is 1.41. The van der Waals surface area contributed by atoms with Gasteiger partial charge in [0, 0.05) is 12.3 Å². The van der Waals surface area contributed by atoms with Crippen LogP contribution in [0, 0.1) is 0 Å². The van der Waals surface area contributed by atoms with E-state index in [0.717, 1.165) is 0 Å². The Bertz CT molecular complexity index is 543. The summed E-state index contributed by atoms with van der Waals surface area (Å²) in [5, 5.41) is 3.95. The quantitative estimate of drug-likeness (QED) is 0.870. The summed E-state index contributed by atoms with van der Waals surface area (Å²) in [6.07, 6.45) is -1.66. The van der Waals surface area contributed by atoms with Crippen molar-refractivity contribution in [3.63, 3.8) is 0 Å². The molecule has 0 aliphatic rings. The predicted molar refractivity (Wildman–Crippen MR) is 58.4 cm³/mol. The summed E-state index contributed by atoms with van der Waals surface area (Å²) in [4.78, 5) is 7.51. The highest BCUT2D eigenvalue weighted by molar-refractivity contribution is 9.10. The maximum Gasteiger partial charge on any atom is 0.422 e. The van der Waals surface area contributed by atoms with E-state index >= 15 is 0 Å². The van der Waals surface area contributed by atoms with E-state index in [-0.39, 0.29) is 5.88 Å². The Morgan fingerprint density at radius 3 is 2.72 bits per heavy atom. The van der Waals surface area contributed by atoms with Gasteiger partial charge in [-0.15, -0.1) is 5.10 Å². The van der Waals surface area contributed by atoms with Crippen LogP contribution in [-0.4, -0.2) is 32.5 Å². The highest BCUT2D eigenvalue weighted by Crippen LogP contribution is 2.18. The molecular weight excluding hydrogens is 317 g/mol. The summed E-state index contributed by atoms with van der Waals surface area (Å²) in [5.41, 5.74) is 0.500. The van der Waals surface area contributed by atoms with Crippen molar-refractivity contribution in [3.05, 3.63) is 29.4 Å². The molecule has 2 aromatic heterocycles. The predicted octanol–water partition coefficient (Wildman–Crippen LogP) is 2.37. The third-order valence-corrected chi connectivity index (χ3v) is 2.19. The van der Waals surface area contributed by atoms with E-state index in [4.69, 9.17) is 0 Å². The van der Waals surface area contributed by atoms with Crippen molar-refractivity contribution in [2.45, 2.75) is 6.18 Å². The highest BCUT2D eigenvalue weighted by Gasteiger charge is 2.28. The van der Waals surface area contributed by atoms with Crippen molar-refractivity contribution in [2.75, 3.05) is 6.61 Å². The number of ether oxygens (including phenoxy) is 1. The van der Waals surface area contributed by atoms with E-state index < -0.39 is 12.8 Å². The second kappa shape index (κ2) is 4.92. The number of aromatic nitrogens is 4. The van der Waals surface area contributed by atoms with Gasteiger partial charge >= 0.3 is 6.18 Å². The molecule has 0 fully saturated rings. The molecule has 0 N–H and O–H groups in total. The van der Waals surface area contributed by atoms with Gasteiger partial charge in [0.2, 0.25) is 10.6 Å². The minimum Gasteiger partial charge on any atom is -0.468 e. The first-order valence-electron chi connectivity index (χ1n) is 4.67. The van der Waals surface area contributed by atoms with E-state index in [1.807, 2.05) is 0 Å². The monoisotopic (exact) mass is 322 g/mol. The average molecular weight is 323 g/mol. The van der Waals surface area contributed by atoms with Gasteiger partial charge in [-0.2, -0.15) is 13.2 Å².